The number of fused-ring (bicyclic) bond motifs is 5. The summed E-state index contributed by atoms with van der Waals surface area (Å²) in [7, 11) is -4.54. The zero-order valence-electron chi connectivity index (χ0n) is 27.1. The van der Waals surface area contributed by atoms with Crippen molar-refractivity contribution in [3.05, 3.63) is 35.5 Å². The number of nitrogens with zero attached hydrogens (tertiary/aromatic N) is 8. The van der Waals surface area contributed by atoms with Gasteiger partial charge in [-0.1, -0.05) is 20.8 Å². The second-order valence-electron chi connectivity index (χ2n) is 11.4. The molecule has 7 rings (SSSR count). The molecule has 3 saturated heterocycles. The van der Waals surface area contributed by atoms with Gasteiger partial charge in [0.05, 0.1) is 31.6 Å². The average molecular weight is 762 g/mol. The maximum Gasteiger partial charge on any atom is 0.336 e. The molecule has 2 bridgehead atoms. The zero-order chi connectivity index (χ0) is 35.8. The molecule has 3 aliphatic rings. The lowest BCUT2D eigenvalue weighted by Gasteiger charge is -2.26. The Morgan fingerprint density at radius 1 is 1.10 bits per heavy atom. The van der Waals surface area contributed by atoms with E-state index in [1.165, 1.54) is 53.9 Å². The molecule has 0 amide bonds. The number of anilines is 1. The van der Waals surface area contributed by atoms with E-state index < -0.39 is 72.2 Å². The van der Waals surface area contributed by atoms with Crippen LogP contribution in [0, 0.1) is 0 Å². The molecular weight excluding hydrogens is 724 g/mol. The van der Waals surface area contributed by atoms with Crippen LogP contribution in [0.4, 0.5) is 10.3 Å². The molecule has 0 spiro atoms. The predicted octanol–water partition coefficient (Wildman–Crippen LogP) is 0.265. The molecule has 4 aromatic heterocycles. The van der Waals surface area contributed by atoms with Gasteiger partial charge in [-0.2, -0.15) is 18.1 Å². The molecule has 4 aromatic rings. The lowest BCUT2D eigenvalue weighted by molar-refractivity contribution is -0.0454. The minimum absolute atomic E-state index is 0.0167. The van der Waals surface area contributed by atoms with Crippen molar-refractivity contribution in [2.75, 3.05) is 38.5 Å². The van der Waals surface area contributed by atoms with E-state index in [0.29, 0.717) is 5.52 Å². The van der Waals surface area contributed by atoms with Crippen LogP contribution in [0.5, 0.6) is 0 Å². The fourth-order valence-corrected chi connectivity index (χ4v) is 8.27. The van der Waals surface area contributed by atoms with Crippen molar-refractivity contribution in [2.45, 2.75) is 70.2 Å². The fraction of sp³-hybridized carbons (Fsp3) is 0.615. The maximum absolute atomic E-state index is 15.9. The number of aromatic nitrogens is 8. The number of nitrogen functional groups attached to an aromatic ring is 1. The summed E-state index contributed by atoms with van der Waals surface area (Å²) < 4.78 is 75.3. The average Bonchev–Trinajstić information content (AvgIpc) is 3.85. The Bertz CT molecular complexity index is 2030. The summed E-state index contributed by atoms with van der Waals surface area (Å²) in [5.41, 5.74) is 5.64. The first-order valence-corrected chi connectivity index (χ1v) is 19.7. The number of alkyl halides is 1. The van der Waals surface area contributed by atoms with Gasteiger partial charge in [0.15, 0.2) is 35.4 Å². The van der Waals surface area contributed by atoms with Crippen LogP contribution in [0.1, 0.15) is 39.6 Å². The van der Waals surface area contributed by atoms with E-state index in [2.05, 4.69) is 60.3 Å². The molecule has 274 valence electrons. The molecule has 0 radical (unpaired) electrons. The maximum atomic E-state index is 15.9. The molecule has 8 atom stereocenters. The van der Waals surface area contributed by atoms with Crippen molar-refractivity contribution in [1.29, 1.82) is 0 Å². The van der Waals surface area contributed by atoms with E-state index in [-0.39, 0.29) is 35.8 Å². The number of halogens is 1. The quantitative estimate of drug-likeness (QED) is 0.199. The highest BCUT2D eigenvalue weighted by Gasteiger charge is 2.51. The normalized spacial score (nSPS) is 31.4. The van der Waals surface area contributed by atoms with Crippen molar-refractivity contribution in [1.82, 2.24) is 48.7 Å². The van der Waals surface area contributed by atoms with Gasteiger partial charge >= 0.3 is 17.0 Å². The van der Waals surface area contributed by atoms with Gasteiger partial charge in [-0.3, -0.25) is 23.4 Å². The first-order chi connectivity index (χ1) is 23.8. The van der Waals surface area contributed by atoms with E-state index in [9.17, 15) is 18.1 Å². The Morgan fingerprint density at radius 2 is 1.82 bits per heavy atom. The van der Waals surface area contributed by atoms with Crippen molar-refractivity contribution >= 4 is 57.1 Å². The van der Waals surface area contributed by atoms with Crippen LogP contribution < -0.4 is 16.0 Å². The lowest BCUT2D eigenvalue weighted by atomic mass is 10.1. The number of imidazole rings is 2. The molecule has 20 nitrogen and oxygen atoms in total. The third kappa shape index (κ3) is 7.72. The van der Waals surface area contributed by atoms with E-state index in [1.807, 2.05) is 0 Å². The SMILES string of the molecule is CCN(CC)CC.Nc1nc2c(ncn2[C@@H]2O[C@@H]3COP(O)(=S)O[C@H]4[C@@H](F)[C@H](n5cnc6cncnc65)O[C@@H]4CNS(=O)(=O)O[C@@H]2C3)c(=O)[nH]1. The number of ether oxygens (including phenoxy) is 2. The standard InChI is InChI=1S/C20H22FN10O9PS2.C6H15N/c21-12-14-11(38-19(12)30-6-25-9-2-23-5-24-15(9)30)3-27-43(34,35)40-10-1-8(4-36-41(33,42)39-14)37-18(10)31-7-26-13-16(31)28-20(22)29-17(13)32;1-4-7(5-2)6-3/h2,5-8,10-12,14,18-19,27H,1,3-4H2,(H,33,42)(H3,22,28,29,32);4-6H2,1-3H3/t8-,10+,11+,12+,14+,18+,19+,41?;/m0./s1. The third-order valence-electron chi connectivity index (χ3n) is 8.38. The monoisotopic (exact) mass is 761 g/mol. The minimum atomic E-state index is -4.54. The van der Waals surface area contributed by atoms with Gasteiger partial charge in [-0.25, -0.2) is 28.5 Å². The molecular formula is C26H37FN11O9PS2. The first kappa shape index (κ1) is 36.7. The van der Waals surface area contributed by atoms with Gasteiger partial charge in [-0.05, 0) is 31.4 Å². The largest absolute Gasteiger partial charge is 0.369 e. The summed E-state index contributed by atoms with van der Waals surface area (Å²) in [6, 6.07) is 0. The summed E-state index contributed by atoms with van der Waals surface area (Å²) >= 11 is 5.17. The lowest BCUT2D eigenvalue weighted by Crippen LogP contribution is -2.42. The van der Waals surface area contributed by atoms with Crippen molar-refractivity contribution in [2.24, 2.45) is 0 Å². The molecule has 50 heavy (non-hydrogen) atoms. The smallest absolute Gasteiger partial charge is 0.336 e. The van der Waals surface area contributed by atoms with Gasteiger partial charge in [0.1, 0.15) is 30.2 Å². The Hall–Kier alpha value is -3.09. The second kappa shape index (κ2) is 14.9. The number of hydrogen-bond donors (Lipinski definition) is 4. The highest BCUT2D eigenvalue weighted by molar-refractivity contribution is 8.07. The molecule has 0 aromatic carbocycles. The molecule has 0 aliphatic carbocycles. The molecule has 3 fully saturated rings. The molecule has 24 heteroatoms. The summed E-state index contributed by atoms with van der Waals surface area (Å²) in [4.78, 5) is 48.1. The Morgan fingerprint density at radius 3 is 2.54 bits per heavy atom. The van der Waals surface area contributed by atoms with E-state index in [0.717, 1.165) is 0 Å². The van der Waals surface area contributed by atoms with Crippen LogP contribution in [-0.2, 0) is 44.8 Å². The third-order valence-corrected chi connectivity index (χ3v) is 11.0. The van der Waals surface area contributed by atoms with Gasteiger partial charge in [0.2, 0.25) is 5.95 Å². The molecule has 3 aliphatic heterocycles. The molecule has 5 N–H and O–H groups in total. The van der Waals surface area contributed by atoms with Gasteiger partial charge < -0.3 is 29.5 Å². The number of H-pyrrole nitrogens is 1. The number of rotatable bonds is 5. The number of nitrogens with two attached hydrogens (primary N) is 1. The number of nitrogens with one attached hydrogen (secondary N) is 2. The Kier molecular flexibility index (Phi) is 10.9. The summed E-state index contributed by atoms with van der Waals surface area (Å²) in [5, 5.41) is 0. The van der Waals surface area contributed by atoms with Crippen LogP contribution in [0.25, 0.3) is 22.3 Å². The van der Waals surface area contributed by atoms with Crippen LogP contribution in [-0.4, -0.2) is 121 Å². The minimum Gasteiger partial charge on any atom is -0.369 e. The predicted molar refractivity (Wildman–Crippen MR) is 178 cm³/mol. The van der Waals surface area contributed by atoms with Crippen LogP contribution in [0.2, 0.25) is 0 Å². The van der Waals surface area contributed by atoms with Crippen LogP contribution in [0.15, 0.2) is 30.0 Å². The topological polar surface area (TPSA) is 249 Å². The van der Waals surface area contributed by atoms with Crippen LogP contribution in [0.3, 0.4) is 0 Å². The fourth-order valence-electron chi connectivity index (χ4n) is 5.88. The highest BCUT2D eigenvalue weighted by Crippen LogP contribution is 2.50. The Balaban J connectivity index is 0.000000561. The Labute approximate surface area is 290 Å². The van der Waals surface area contributed by atoms with Crippen molar-refractivity contribution in [3.8, 4) is 0 Å². The number of hydrogen-bond acceptors (Lipinski definition) is 16. The molecule has 1 unspecified atom stereocenters. The summed E-state index contributed by atoms with van der Waals surface area (Å²) in [6.45, 7) is 5.08. The summed E-state index contributed by atoms with van der Waals surface area (Å²) in [5.74, 6) is -0.198. The van der Waals surface area contributed by atoms with Crippen LogP contribution >= 0.6 is 6.72 Å². The summed E-state index contributed by atoms with van der Waals surface area (Å²) in [6.07, 6.45) is -4.30. The van der Waals surface area contributed by atoms with Gasteiger partial charge in [-0.15, -0.1) is 0 Å². The van der Waals surface area contributed by atoms with E-state index in [1.54, 1.807) is 0 Å². The van der Waals surface area contributed by atoms with Crippen molar-refractivity contribution < 1.29 is 40.4 Å². The van der Waals surface area contributed by atoms with Gasteiger partial charge in [0, 0.05) is 13.0 Å². The van der Waals surface area contributed by atoms with Crippen molar-refractivity contribution in [3.63, 3.8) is 0 Å². The van der Waals surface area contributed by atoms with E-state index >= 15 is 4.39 Å². The highest BCUT2D eigenvalue weighted by atomic mass is 32.5. The number of aromatic amines is 1. The zero-order valence-corrected chi connectivity index (χ0v) is 29.6. The van der Waals surface area contributed by atoms with Gasteiger partial charge in [0.25, 0.3) is 5.56 Å². The molecule has 0 saturated carbocycles. The molecule has 7 heterocycles. The second-order valence-corrected chi connectivity index (χ2v) is 15.6. The first-order valence-electron chi connectivity index (χ1n) is 15.7. The van der Waals surface area contributed by atoms with E-state index in [4.69, 9.17) is 40.2 Å².